The van der Waals surface area contributed by atoms with Crippen molar-refractivity contribution in [3.63, 3.8) is 0 Å². The molecule has 1 heterocycles. The third-order valence-corrected chi connectivity index (χ3v) is 3.68. The van der Waals surface area contributed by atoms with E-state index in [-0.39, 0.29) is 0 Å². The lowest BCUT2D eigenvalue weighted by Crippen LogP contribution is -2.37. The first kappa shape index (κ1) is 11.8. The molecule has 1 aromatic carbocycles. The largest absolute Gasteiger partial charge is 0.507 e. The summed E-state index contributed by atoms with van der Waals surface area (Å²) >= 11 is 1.71. The van der Waals surface area contributed by atoms with Crippen LogP contribution < -0.4 is 0 Å². The van der Waals surface area contributed by atoms with E-state index in [0.717, 1.165) is 43.5 Å². The van der Waals surface area contributed by atoms with Gasteiger partial charge < -0.3 is 9.84 Å². The van der Waals surface area contributed by atoms with Crippen LogP contribution in [0.1, 0.15) is 0 Å². The number of rotatable bonds is 4. The number of hydrogen-bond donors (Lipinski definition) is 1. The van der Waals surface area contributed by atoms with Crippen LogP contribution in [-0.2, 0) is 4.74 Å². The van der Waals surface area contributed by atoms with Gasteiger partial charge in [-0.25, -0.2) is 0 Å². The third kappa shape index (κ3) is 3.40. The molecule has 88 valence electrons. The number of benzene rings is 1. The fourth-order valence-corrected chi connectivity index (χ4v) is 2.65. The van der Waals surface area contributed by atoms with Crippen LogP contribution in [0.4, 0.5) is 0 Å². The van der Waals surface area contributed by atoms with Crippen molar-refractivity contribution in [2.75, 3.05) is 38.6 Å². The molecule has 2 rings (SSSR count). The van der Waals surface area contributed by atoms with Gasteiger partial charge in [-0.1, -0.05) is 12.1 Å². The average molecular weight is 239 g/mol. The number of aromatic hydroxyl groups is 1. The van der Waals surface area contributed by atoms with Crippen LogP contribution in [0, 0.1) is 0 Å². The lowest BCUT2D eigenvalue weighted by Gasteiger charge is -2.26. The summed E-state index contributed by atoms with van der Waals surface area (Å²) in [6.07, 6.45) is 0. The standard InChI is InChI=1S/C12H17NO2S/c14-11-3-1-2-4-12(11)16-10-7-13-5-8-15-9-6-13/h1-4,14H,5-10H2. The van der Waals surface area contributed by atoms with Gasteiger partial charge in [-0.15, -0.1) is 11.8 Å². The van der Waals surface area contributed by atoms with Gasteiger partial charge in [0.1, 0.15) is 5.75 Å². The highest BCUT2D eigenvalue weighted by molar-refractivity contribution is 7.99. The molecule has 0 amide bonds. The maximum Gasteiger partial charge on any atom is 0.129 e. The number of hydrogen-bond acceptors (Lipinski definition) is 4. The van der Waals surface area contributed by atoms with Crippen LogP contribution in [0.2, 0.25) is 0 Å². The van der Waals surface area contributed by atoms with Gasteiger partial charge in [0.25, 0.3) is 0 Å². The highest BCUT2D eigenvalue weighted by Gasteiger charge is 2.09. The van der Waals surface area contributed by atoms with Crippen molar-refractivity contribution in [1.82, 2.24) is 4.90 Å². The highest BCUT2D eigenvalue weighted by atomic mass is 32.2. The van der Waals surface area contributed by atoms with E-state index in [4.69, 9.17) is 4.74 Å². The number of nitrogens with zero attached hydrogens (tertiary/aromatic N) is 1. The zero-order valence-electron chi connectivity index (χ0n) is 9.26. The van der Waals surface area contributed by atoms with E-state index >= 15 is 0 Å². The Morgan fingerprint density at radius 2 is 2.00 bits per heavy atom. The van der Waals surface area contributed by atoms with E-state index in [1.807, 2.05) is 18.2 Å². The monoisotopic (exact) mass is 239 g/mol. The average Bonchev–Trinajstić information content (AvgIpc) is 2.33. The van der Waals surface area contributed by atoms with E-state index in [1.54, 1.807) is 17.8 Å². The van der Waals surface area contributed by atoms with Crippen LogP contribution in [0.3, 0.4) is 0 Å². The Balaban J connectivity index is 1.73. The maximum absolute atomic E-state index is 9.59. The lowest BCUT2D eigenvalue weighted by molar-refractivity contribution is 0.0410. The van der Waals surface area contributed by atoms with Gasteiger partial charge in [-0.3, -0.25) is 4.90 Å². The van der Waals surface area contributed by atoms with Crippen molar-refractivity contribution >= 4 is 11.8 Å². The van der Waals surface area contributed by atoms with Gasteiger partial charge in [0, 0.05) is 30.3 Å². The number of ether oxygens (including phenoxy) is 1. The summed E-state index contributed by atoms with van der Waals surface area (Å²) in [6, 6.07) is 7.49. The third-order valence-electron chi connectivity index (χ3n) is 2.63. The minimum atomic E-state index is 0.384. The van der Waals surface area contributed by atoms with E-state index in [9.17, 15) is 5.11 Å². The molecule has 3 nitrogen and oxygen atoms in total. The molecule has 1 aliphatic heterocycles. The minimum absolute atomic E-state index is 0.384. The fraction of sp³-hybridized carbons (Fsp3) is 0.500. The summed E-state index contributed by atoms with van der Waals surface area (Å²) in [7, 11) is 0. The van der Waals surface area contributed by atoms with Gasteiger partial charge >= 0.3 is 0 Å². The molecule has 1 aromatic rings. The SMILES string of the molecule is Oc1ccccc1SCCN1CCOCC1. The second-order valence-electron chi connectivity index (χ2n) is 3.77. The van der Waals surface area contributed by atoms with Gasteiger partial charge in [-0.2, -0.15) is 0 Å². The second-order valence-corrected chi connectivity index (χ2v) is 4.91. The van der Waals surface area contributed by atoms with Crippen molar-refractivity contribution in [3.05, 3.63) is 24.3 Å². The maximum atomic E-state index is 9.59. The Bertz CT molecular complexity index is 327. The van der Waals surface area contributed by atoms with Crippen LogP contribution in [-0.4, -0.2) is 48.6 Å². The van der Waals surface area contributed by atoms with Crippen LogP contribution >= 0.6 is 11.8 Å². The normalized spacial score (nSPS) is 17.5. The number of para-hydroxylation sites is 1. The molecule has 0 aliphatic carbocycles. The summed E-state index contributed by atoms with van der Waals surface area (Å²) in [4.78, 5) is 3.37. The molecule has 1 N–H and O–H groups in total. The van der Waals surface area contributed by atoms with Crippen molar-refractivity contribution < 1.29 is 9.84 Å². The predicted molar refractivity (Wildman–Crippen MR) is 66.1 cm³/mol. The molecule has 1 saturated heterocycles. The van der Waals surface area contributed by atoms with Gasteiger partial charge in [0.15, 0.2) is 0 Å². The molecule has 0 atom stereocenters. The Morgan fingerprint density at radius 1 is 1.25 bits per heavy atom. The van der Waals surface area contributed by atoms with Gasteiger partial charge in [0.05, 0.1) is 13.2 Å². The molecule has 0 bridgehead atoms. The number of morpholine rings is 1. The minimum Gasteiger partial charge on any atom is -0.507 e. The zero-order chi connectivity index (χ0) is 11.2. The Kier molecular flexibility index (Phi) is 4.51. The summed E-state index contributed by atoms with van der Waals surface area (Å²) in [5.41, 5.74) is 0. The molecule has 16 heavy (non-hydrogen) atoms. The number of phenolic OH excluding ortho intramolecular Hbond substituents is 1. The van der Waals surface area contributed by atoms with E-state index < -0.39 is 0 Å². The summed E-state index contributed by atoms with van der Waals surface area (Å²) in [5.74, 6) is 1.40. The van der Waals surface area contributed by atoms with Crippen molar-refractivity contribution in [1.29, 1.82) is 0 Å². The first-order chi connectivity index (χ1) is 7.86. The molecule has 0 radical (unpaired) electrons. The molecule has 0 aromatic heterocycles. The number of thioether (sulfide) groups is 1. The van der Waals surface area contributed by atoms with Crippen molar-refractivity contribution in [3.8, 4) is 5.75 Å². The molecular weight excluding hydrogens is 222 g/mol. The van der Waals surface area contributed by atoms with Crippen molar-refractivity contribution in [2.24, 2.45) is 0 Å². The predicted octanol–water partition coefficient (Wildman–Crippen LogP) is 1.82. The van der Waals surface area contributed by atoms with Crippen LogP contribution in [0.25, 0.3) is 0 Å². The lowest BCUT2D eigenvalue weighted by atomic mass is 10.3. The molecule has 0 spiro atoms. The summed E-state index contributed by atoms with van der Waals surface area (Å²) in [6.45, 7) is 4.81. The quantitative estimate of drug-likeness (QED) is 0.812. The summed E-state index contributed by atoms with van der Waals surface area (Å²) in [5, 5.41) is 9.59. The molecule has 0 saturated carbocycles. The zero-order valence-corrected chi connectivity index (χ0v) is 10.1. The fourth-order valence-electron chi connectivity index (χ4n) is 1.69. The topological polar surface area (TPSA) is 32.7 Å². The highest BCUT2D eigenvalue weighted by Crippen LogP contribution is 2.27. The first-order valence-corrected chi connectivity index (χ1v) is 6.56. The Hall–Kier alpha value is -0.710. The first-order valence-electron chi connectivity index (χ1n) is 5.57. The molecule has 0 unspecified atom stereocenters. The van der Waals surface area contributed by atoms with E-state index in [0.29, 0.717) is 5.75 Å². The second kappa shape index (κ2) is 6.13. The van der Waals surface area contributed by atoms with Crippen molar-refractivity contribution in [2.45, 2.75) is 4.90 Å². The van der Waals surface area contributed by atoms with Crippen LogP contribution in [0.5, 0.6) is 5.75 Å². The van der Waals surface area contributed by atoms with Gasteiger partial charge in [-0.05, 0) is 12.1 Å². The van der Waals surface area contributed by atoms with E-state index in [2.05, 4.69) is 4.90 Å². The Labute approximate surface area is 100 Å². The number of phenols is 1. The molecule has 1 fully saturated rings. The molecular formula is C12H17NO2S. The van der Waals surface area contributed by atoms with Gasteiger partial charge in [0.2, 0.25) is 0 Å². The smallest absolute Gasteiger partial charge is 0.129 e. The van der Waals surface area contributed by atoms with Crippen LogP contribution in [0.15, 0.2) is 29.2 Å². The van der Waals surface area contributed by atoms with E-state index in [1.165, 1.54) is 0 Å². The Morgan fingerprint density at radius 3 is 2.75 bits per heavy atom. The molecule has 4 heteroatoms. The molecule has 1 aliphatic rings. The summed E-state index contributed by atoms with van der Waals surface area (Å²) < 4.78 is 5.29.